The van der Waals surface area contributed by atoms with Gasteiger partial charge in [0.15, 0.2) is 29.8 Å². The molecule has 2 aromatic carbocycles. The summed E-state index contributed by atoms with van der Waals surface area (Å²) in [5, 5.41) is 8.32. The summed E-state index contributed by atoms with van der Waals surface area (Å²) in [7, 11) is 3.60. The Morgan fingerprint density at radius 3 is 1.80 bits per heavy atom. The zero-order chi connectivity index (χ0) is 32.4. The molecule has 15 heteroatoms. The van der Waals surface area contributed by atoms with Crippen LogP contribution < -0.4 is 5.73 Å². The summed E-state index contributed by atoms with van der Waals surface area (Å²) >= 11 is 6.73. The highest BCUT2D eigenvalue weighted by Gasteiger charge is 2.25. The van der Waals surface area contributed by atoms with E-state index in [9.17, 15) is 19.2 Å². The Labute approximate surface area is 269 Å². The number of nitrogen functional groups attached to an aromatic ring is 1. The van der Waals surface area contributed by atoms with Gasteiger partial charge in [-0.05, 0) is 50.2 Å². The second-order valence-electron chi connectivity index (χ2n) is 8.90. The Hall–Kier alpha value is -4.63. The number of hydrogen-bond acceptors (Lipinski definition) is 10. The third kappa shape index (κ3) is 8.05. The van der Waals surface area contributed by atoms with Crippen LogP contribution in [0.15, 0.2) is 62.5 Å². The molecular weight excluding hydrogens is 702 g/mol. The number of ether oxygens (including phenoxy) is 2. The number of nitrogens with two attached hydrogens (primary N) is 1. The Morgan fingerprint density at radius 2 is 1.34 bits per heavy atom. The van der Waals surface area contributed by atoms with Crippen LogP contribution in [0.25, 0.3) is 11.4 Å². The molecule has 0 atom stereocenters. The lowest BCUT2D eigenvalue weighted by Gasteiger charge is -2.06. The number of hydrogen-bond donors (Lipinski definition) is 1. The number of esters is 2. The fourth-order valence-electron chi connectivity index (χ4n) is 3.68. The van der Waals surface area contributed by atoms with E-state index in [-0.39, 0.29) is 47.4 Å². The van der Waals surface area contributed by atoms with E-state index < -0.39 is 11.9 Å². The van der Waals surface area contributed by atoms with Crippen LogP contribution in [0, 0.1) is 0 Å². The van der Waals surface area contributed by atoms with Gasteiger partial charge in [0.05, 0.1) is 42.1 Å². The molecule has 0 radical (unpaired) electrons. The predicted octanol–water partition coefficient (Wildman–Crippen LogP) is 5.05. The summed E-state index contributed by atoms with van der Waals surface area (Å²) in [4.78, 5) is 52.5. The van der Waals surface area contributed by atoms with Gasteiger partial charge in [0.2, 0.25) is 0 Å². The summed E-state index contributed by atoms with van der Waals surface area (Å²) in [6.45, 7) is 3.75. The molecule has 0 spiro atoms. The number of anilines is 1. The second kappa shape index (κ2) is 15.7. The van der Waals surface area contributed by atoms with Gasteiger partial charge in [0, 0.05) is 23.0 Å². The highest BCUT2D eigenvalue weighted by molar-refractivity contribution is 9.10. The number of carbonyl (C=O) groups is 4. The van der Waals surface area contributed by atoms with Crippen LogP contribution in [0.1, 0.15) is 55.5 Å². The van der Waals surface area contributed by atoms with Crippen molar-refractivity contribution in [3.63, 3.8) is 0 Å². The van der Waals surface area contributed by atoms with E-state index in [0.29, 0.717) is 23.9 Å². The molecule has 230 valence electrons. The Morgan fingerprint density at radius 1 is 0.864 bits per heavy atom. The van der Waals surface area contributed by atoms with Gasteiger partial charge >= 0.3 is 11.9 Å². The van der Waals surface area contributed by atoms with Crippen LogP contribution in [-0.4, -0.2) is 82.6 Å². The molecule has 4 aromatic rings. The number of aromatic nitrogens is 4. The van der Waals surface area contributed by atoms with Crippen LogP contribution in [0.3, 0.4) is 0 Å². The molecule has 0 aliphatic carbocycles. The van der Waals surface area contributed by atoms with Gasteiger partial charge in [-0.2, -0.15) is 10.2 Å². The minimum Gasteiger partial charge on any atom is -0.461 e. The van der Waals surface area contributed by atoms with Crippen LogP contribution >= 0.6 is 31.9 Å². The minimum atomic E-state index is -0.671. The van der Waals surface area contributed by atoms with Crippen LogP contribution in [0.5, 0.6) is 0 Å². The fraction of sp³-hybridized carbons (Fsp3) is 0.207. The van der Waals surface area contributed by atoms with Crippen LogP contribution in [-0.2, 0) is 9.47 Å². The normalized spacial score (nSPS) is 10.6. The molecule has 2 aromatic heterocycles. The molecular formula is C29H29Br2N7O6. The van der Waals surface area contributed by atoms with Crippen molar-refractivity contribution in [1.29, 1.82) is 0 Å². The van der Waals surface area contributed by atoms with E-state index in [1.54, 1.807) is 57.1 Å². The van der Waals surface area contributed by atoms with Gasteiger partial charge in [0.25, 0.3) is 0 Å². The van der Waals surface area contributed by atoms with Crippen molar-refractivity contribution in [3.8, 4) is 11.4 Å². The SMILES string of the molecule is CCOC(=O)c1nn(-c2cccc(Br)c2)c(N)c1C=O.CCOC(=O)c1nn(-c2cccc(Br)c2)c(N=CN(C)C)c1C=O. The van der Waals surface area contributed by atoms with Crippen molar-refractivity contribution in [2.45, 2.75) is 13.8 Å². The molecule has 0 saturated carbocycles. The maximum absolute atomic E-state index is 12.1. The van der Waals surface area contributed by atoms with Gasteiger partial charge in [-0.15, -0.1) is 0 Å². The molecule has 4 rings (SSSR count). The first kappa shape index (κ1) is 33.9. The number of rotatable bonds is 10. The zero-order valence-electron chi connectivity index (χ0n) is 24.2. The molecule has 44 heavy (non-hydrogen) atoms. The number of halogens is 2. The van der Waals surface area contributed by atoms with Crippen molar-refractivity contribution in [3.05, 3.63) is 80.0 Å². The standard InChI is InChI=1S/C16H17BrN4O3.C13H12BrN3O3/c1-4-24-16(23)14-13(9-22)15(18-10-20(2)3)21(19-14)12-7-5-6-11(17)8-12;1-2-20-13(19)11-10(7-18)12(15)17(16-11)9-5-3-4-8(14)6-9/h5-10H,4H2,1-3H3;3-7H,2,15H2,1H3. The molecule has 13 nitrogen and oxygen atoms in total. The van der Waals surface area contributed by atoms with E-state index in [1.165, 1.54) is 15.7 Å². The highest BCUT2D eigenvalue weighted by Crippen LogP contribution is 2.27. The molecule has 2 heterocycles. The monoisotopic (exact) mass is 729 g/mol. The van der Waals surface area contributed by atoms with Crippen LogP contribution in [0.2, 0.25) is 0 Å². The number of aliphatic imine (C=N–C) groups is 1. The maximum atomic E-state index is 12.1. The first-order valence-electron chi connectivity index (χ1n) is 13.0. The molecule has 0 amide bonds. The third-order valence-electron chi connectivity index (χ3n) is 5.55. The largest absolute Gasteiger partial charge is 0.461 e. The van der Waals surface area contributed by atoms with Crippen molar-refractivity contribution >= 4 is 74.3 Å². The second-order valence-corrected chi connectivity index (χ2v) is 10.7. The predicted molar refractivity (Wildman–Crippen MR) is 171 cm³/mol. The Bertz CT molecular complexity index is 1700. The van der Waals surface area contributed by atoms with Crippen molar-refractivity contribution in [2.75, 3.05) is 33.0 Å². The van der Waals surface area contributed by atoms with Crippen molar-refractivity contribution in [1.82, 2.24) is 24.5 Å². The van der Waals surface area contributed by atoms with Gasteiger partial charge in [-0.25, -0.2) is 23.9 Å². The summed E-state index contributed by atoms with van der Waals surface area (Å²) in [5.41, 5.74) is 7.15. The van der Waals surface area contributed by atoms with E-state index in [4.69, 9.17) is 15.2 Å². The molecule has 0 aliphatic rings. The first-order valence-corrected chi connectivity index (χ1v) is 14.6. The molecule has 0 fully saturated rings. The topological polar surface area (TPSA) is 164 Å². The number of aldehydes is 2. The quantitative estimate of drug-likeness (QED) is 0.101. The highest BCUT2D eigenvalue weighted by atomic mass is 79.9. The molecule has 0 unspecified atom stereocenters. The molecule has 0 aliphatic heterocycles. The molecule has 2 N–H and O–H groups in total. The van der Waals surface area contributed by atoms with E-state index in [2.05, 4.69) is 47.0 Å². The number of nitrogens with zero attached hydrogens (tertiary/aromatic N) is 6. The van der Waals surface area contributed by atoms with Gasteiger partial charge in [-0.3, -0.25) is 9.59 Å². The smallest absolute Gasteiger partial charge is 0.359 e. The average Bonchev–Trinajstić information content (AvgIpc) is 3.54. The van der Waals surface area contributed by atoms with E-state index in [0.717, 1.165) is 8.95 Å². The van der Waals surface area contributed by atoms with E-state index >= 15 is 0 Å². The Kier molecular flexibility index (Phi) is 12.1. The molecule has 0 bridgehead atoms. The third-order valence-corrected chi connectivity index (χ3v) is 6.53. The van der Waals surface area contributed by atoms with E-state index in [1.807, 2.05) is 24.3 Å². The summed E-state index contributed by atoms with van der Waals surface area (Å²) < 4.78 is 14.3. The molecule has 0 saturated heterocycles. The van der Waals surface area contributed by atoms with Gasteiger partial charge in [-0.1, -0.05) is 44.0 Å². The lowest BCUT2D eigenvalue weighted by molar-refractivity contribution is 0.0508. The Balaban J connectivity index is 0.000000244. The van der Waals surface area contributed by atoms with Crippen LogP contribution in [0.4, 0.5) is 11.6 Å². The summed E-state index contributed by atoms with van der Waals surface area (Å²) in [5.74, 6) is -0.967. The maximum Gasteiger partial charge on any atom is 0.359 e. The summed E-state index contributed by atoms with van der Waals surface area (Å²) in [6, 6.07) is 14.5. The van der Waals surface area contributed by atoms with Gasteiger partial charge in [0.1, 0.15) is 5.82 Å². The van der Waals surface area contributed by atoms with Gasteiger partial charge < -0.3 is 20.1 Å². The van der Waals surface area contributed by atoms with Crippen molar-refractivity contribution < 1.29 is 28.7 Å². The lowest BCUT2D eigenvalue weighted by atomic mass is 10.2. The minimum absolute atomic E-state index is 0.0309. The zero-order valence-corrected chi connectivity index (χ0v) is 27.4. The lowest BCUT2D eigenvalue weighted by Crippen LogP contribution is -2.08. The fourth-order valence-corrected chi connectivity index (χ4v) is 4.45. The number of carbonyl (C=O) groups excluding carboxylic acids is 4. The van der Waals surface area contributed by atoms with Crippen molar-refractivity contribution in [2.24, 2.45) is 4.99 Å². The average molecular weight is 731 g/mol. The number of benzene rings is 2. The first-order chi connectivity index (χ1) is 21.1. The summed E-state index contributed by atoms with van der Waals surface area (Å²) in [6.07, 6.45) is 2.60.